The largest absolute Gasteiger partial charge is 0.508 e. The molecular formula is C28H34ClNO3. The standard InChI is InChI=1S/C28H34ClNO3/c1-3-33-26-12-11-22-18-23(25(31)19-24(22)27(26)29)10-7-15-30-16-13-28(32-2,14-17-30)20-21-8-5-4-6-9-21/h4-6,8-9,11-12,18-19,31H,3,7,10,13-17,20H2,1-2H3. The molecule has 0 atom stereocenters. The lowest BCUT2D eigenvalue weighted by Gasteiger charge is -2.41. The van der Waals surface area contributed by atoms with Crippen LogP contribution in [0.5, 0.6) is 11.5 Å². The summed E-state index contributed by atoms with van der Waals surface area (Å²) in [4.78, 5) is 2.52. The third-order valence-electron chi connectivity index (χ3n) is 6.91. The van der Waals surface area contributed by atoms with E-state index in [1.807, 2.05) is 26.2 Å². The van der Waals surface area contributed by atoms with E-state index in [4.69, 9.17) is 21.1 Å². The molecular weight excluding hydrogens is 434 g/mol. The lowest BCUT2D eigenvalue weighted by atomic mass is 9.85. The van der Waals surface area contributed by atoms with Crippen LogP contribution in [0.3, 0.4) is 0 Å². The molecule has 1 aliphatic heterocycles. The van der Waals surface area contributed by atoms with Crippen molar-refractivity contribution >= 4 is 22.4 Å². The minimum atomic E-state index is -0.0614. The van der Waals surface area contributed by atoms with Gasteiger partial charge in [0.25, 0.3) is 0 Å². The fourth-order valence-corrected chi connectivity index (χ4v) is 5.20. The van der Waals surface area contributed by atoms with Crippen molar-refractivity contribution in [2.24, 2.45) is 0 Å². The molecule has 1 heterocycles. The van der Waals surface area contributed by atoms with Crippen molar-refractivity contribution in [3.63, 3.8) is 0 Å². The van der Waals surface area contributed by atoms with E-state index in [2.05, 4.69) is 41.3 Å². The van der Waals surface area contributed by atoms with Gasteiger partial charge in [-0.05, 0) is 73.9 Å². The molecule has 0 unspecified atom stereocenters. The Morgan fingerprint density at radius 2 is 1.82 bits per heavy atom. The van der Waals surface area contributed by atoms with Crippen LogP contribution in [0.2, 0.25) is 5.02 Å². The second kappa shape index (κ2) is 10.8. The van der Waals surface area contributed by atoms with Crippen molar-refractivity contribution in [3.8, 4) is 11.5 Å². The fourth-order valence-electron chi connectivity index (χ4n) is 4.92. The van der Waals surface area contributed by atoms with E-state index in [-0.39, 0.29) is 5.60 Å². The van der Waals surface area contributed by atoms with Gasteiger partial charge in [-0.3, -0.25) is 0 Å². The number of piperidine rings is 1. The summed E-state index contributed by atoms with van der Waals surface area (Å²) < 4.78 is 11.6. The molecule has 0 bridgehead atoms. The highest BCUT2D eigenvalue weighted by molar-refractivity contribution is 6.37. The van der Waals surface area contributed by atoms with E-state index >= 15 is 0 Å². The lowest BCUT2D eigenvalue weighted by molar-refractivity contribution is -0.0565. The number of methoxy groups -OCH3 is 1. The molecule has 1 N–H and O–H groups in total. The molecule has 5 heteroatoms. The first-order valence-corrected chi connectivity index (χ1v) is 12.3. The van der Waals surface area contributed by atoms with Crippen LogP contribution in [0.1, 0.15) is 37.3 Å². The van der Waals surface area contributed by atoms with Crippen molar-refractivity contribution < 1.29 is 14.6 Å². The van der Waals surface area contributed by atoms with Crippen LogP contribution in [-0.2, 0) is 17.6 Å². The quantitative estimate of drug-likeness (QED) is 0.403. The summed E-state index contributed by atoms with van der Waals surface area (Å²) in [6.07, 6.45) is 4.89. The average molecular weight is 468 g/mol. The molecule has 3 aromatic carbocycles. The molecule has 0 aliphatic carbocycles. The summed E-state index contributed by atoms with van der Waals surface area (Å²) in [6, 6.07) is 18.4. The highest BCUT2D eigenvalue weighted by Gasteiger charge is 2.34. The molecule has 176 valence electrons. The van der Waals surface area contributed by atoms with Crippen LogP contribution in [0.25, 0.3) is 10.8 Å². The molecule has 1 fully saturated rings. The zero-order chi connectivity index (χ0) is 23.3. The zero-order valence-electron chi connectivity index (χ0n) is 19.6. The summed E-state index contributed by atoms with van der Waals surface area (Å²) in [5.74, 6) is 0.960. The summed E-state index contributed by atoms with van der Waals surface area (Å²) in [5, 5.41) is 13.0. The van der Waals surface area contributed by atoms with Gasteiger partial charge in [-0.2, -0.15) is 0 Å². The van der Waals surface area contributed by atoms with Crippen LogP contribution < -0.4 is 4.74 Å². The van der Waals surface area contributed by atoms with Crippen LogP contribution in [0, 0.1) is 0 Å². The van der Waals surface area contributed by atoms with Gasteiger partial charge < -0.3 is 19.5 Å². The third kappa shape index (κ3) is 5.63. The second-order valence-electron chi connectivity index (χ2n) is 9.01. The molecule has 0 radical (unpaired) electrons. The molecule has 0 spiro atoms. The SMILES string of the molecule is CCOc1ccc2cc(CCCN3CCC(Cc4ccccc4)(OC)CC3)c(O)cc2c1Cl. The Morgan fingerprint density at radius 1 is 1.06 bits per heavy atom. The number of nitrogens with zero attached hydrogens (tertiary/aromatic N) is 1. The number of aromatic hydroxyl groups is 1. The molecule has 0 amide bonds. The maximum Gasteiger partial charge on any atom is 0.138 e. The first kappa shape index (κ1) is 23.9. The number of hydrogen-bond donors (Lipinski definition) is 1. The van der Waals surface area contributed by atoms with Crippen LogP contribution in [0.15, 0.2) is 54.6 Å². The molecule has 0 saturated carbocycles. The molecule has 33 heavy (non-hydrogen) atoms. The van der Waals surface area contributed by atoms with Gasteiger partial charge in [-0.25, -0.2) is 0 Å². The summed E-state index contributed by atoms with van der Waals surface area (Å²) in [5.41, 5.74) is 2.25. The predicted octanol–water partition coefficient (Wildman–Crippen LogP) is 6.25. The minimum absolute atomic E-state index is 0.0614. The van der Waals surface area contributed by atoms with Gasteiger partial charge in [-0.15, -0.1) is 0 Å². The molecule has 0 aromatic heterocycles. The normalized spacial score (nSPS) is 16.2. The van der Waals surface area contributed by atoms with Gasteiger partial charge in [0.1, 0.15) is 11.5 Å². The van der Waals surface area contributed by atoms with Crippen molar-refractivity contribution in [1.29, 1.82) is 0 Å². The van der Waals surface area contributed by atoms with Crippen molar-refractivity contribution in [3.05, 3.63) is 70.7 Å². The van der Waals surface area contributed by atoms with E-state index in [0.717, 1.165) is 68.1 Å². The molecule has 3 aromatic rings. The minimum Gasteiger partial charge on any atom is -0.508 e. The smallest absolute Gasteiger partial charge is 0.138 e. The van der Waals surface area contributed by atoms with E-state index in [9.17, 15) is 5.11 Å². The Kier molecular flexibility index (Phi) is 7.79. The van der Waals surface area contributed by atoms with Crippen molar-refractivity contribution in [2.75, 3.05) is 33.4 Å². The maximum atomic E-state index is 10.6. The number of likely N-dealkylation sites (tertiary alicyclic amines) is 1. The Labute approximate surface area is 202 Å². The Morgan fingerprint density at radius 3 is 2.52 bits per heavy atom. The van der Waals surface area contributed by atoms with Gasteiger partial charge in [0.05, 0.1) is 17.2 Å². The van der Waals surface area contributed by atoms with Crippen LogP contribution in [-0.4, -0.2) is 49.0 Å². The zero-order valence-corrected chi connectivity index (χ0v) is 20.4. The van der Waals surface area contributed by atoms with Gasteiger partial charge in [0.15, 0.2) is 0 Å². The van der Waals surface area contributed by atoms with Crippen molar-refractivity contribution in [2.45, 2.75) is 44.6 Å². The average Bonchev–Trinajstić information content (AvgIpc) is 2.84. The number of phenols is 1. The number of ether oxygens (including phenoxy) is 2. The first-order valence-electron chi connectivity index (χ1n) is 11.9. The second-order valence-corrected chi connectivity index (χ2v) is 9.39. The highest BCUT2D eigenvalue weighted by Crippen LogP contribution is 2.36. The number of aryl methyl sites for hydroxylation is 1. The van der Waals surface area contributed by atoms with Gasteiger partial charge in [0, 0.05) is 32.0 Å². The van der Waals surface area contributed by atoms with E-state index < -0.39 is 0 Å². The number of phenolic OH excluding ortho intramolecular Hbond substituents is 1. The van der Waals surface area contributed by atoms with Crippen molar-refractivity contribution in [1.82, 2.24) is 4.90 Å². The van der Waals surface area contributed by atoms with Crippen LogP contribution >= 0.6 is 11.6 Å². The topological polar surface area (TPSA) is 41.9 Å². The highest BCUT2D eigenvalue weighted by atomic mass is 35.5. The molecule has 4 rings (SSSR count). The number of halogens is 1. The van der Waals surface area contributed by atoms with Gasteiger partial charge in [0.2, 0.25) is 0 Å². The van der Waals surface area contributed by atoms with Gasteiger partial charge in [-0.1, -0.05) is 48.0 Å². The molecule has 1 saturated heterocycles. The maximum absolute atomic E-state index is 10.6. The Bertz CT molecular complexity index is 1060. The summed E-state index contributed by atoms with van der Waals surface area (Å²) in [6.45, 7) is 5.60. The number of rotatable bonds is 9. The summed E-state index contributed by atoms with van der Waals surface area (Å²) in [7, 11) is 1.85. The number of hydrogen-bond acceptors (Lipinski definition) is 4. The summed E-state index contributed by atoms with van der Waals surface area (Å²) >= 11 is 6.48. The fraction of sp³-hybridized carbons (Fsp3) is 0.429. The lowest BCUT2D eigenvalue weighted by Crippen LogP contribution is -2.47. The van der Waals surface area contributed by atoms with E-state index in [1.54, 1.807) is 6.07 Å². The Hall–Kier alpha value is -2.27. The molecule has 4 nitrogen and oxygen atoms in total. The Balaban J connectivity index is 1.32. The van der Waals surface area contributed by atoms with E-state index in [0.29, 0.717) is 23.1 Å². The molecule has 1 aliphatic rings. The van der Waals surface area contributed by atoms with Gasteiger partial charge >= 0.3 is 0 Å². The van der Waals surface area contributed by atoms with E-state index in [1.165, 1.54) is 5.56 Å². The number of fused-ring (bicyclic) bond motifs is 1. The van der Waals surface area contributed by atoms with Crippen LogP contribution in [0.4, 0.5) is 0 Å². The monoisotopic (exact) mass is 467 g/mol. The predicted molar refractivity (Wildman–Crippen MR) is 136 cm³/mol. The third-order valence-corrected chi connectivity index (χ3v) is 7.30. The number of benzene rings is 3. The first-order chi connectivity index (χ1) is 16.0.